The molecule has 1 unspecified atom stereocenters. The molecule has 0 spiro atoms. The summed E-state index contributed by atoms with van der Waals surface area (Å²) in [7, 11) is 0. The summed E-state index contributed by atoms with van der Waals surface area (Å²) in [5, 5.41) is 0.0995. The lowest BCUT2D eigenvalue weighted by molar-refractivity contribution is 0.0714. The van der Waals surface area contributed by atoms with Gasteiger partial charge in [0.1, 0.15) is 11.4 Å². The van der Waals surface area contributed by atoms with Crippen molar-refractivity contribution in [2.45, 2.75) is 46.7 Å². The number of carbonyl (C=O) groups is 1. The zero-order chi connectivity index (χ0) is 27.7. The van der Waals surface area contributed by atoms with Crippen molar-refractivity contribution in [3.05, 3.63) is 105 Å². The van der Waals surface area contributed by atoms with Gasteiger partial charge in [0.25, 0.3) is 5.91 Å². The van der Waals surface area contributed by atoms with Crippen LogP contribution in [0.2, 0.25) is 0 Å². The second-order valence-corrected chi connectivity index (χ2v) is 10.3. The van der Waals surface area contributed by atoms with E-state index in [1.807, 2.05) is 56.3 Å². The van der Waals surface area contributed by atoms with Crippen molar-refractivity contribution >= 4 is 16.9 Å². The van der Waals surface area contributed by atoms with Gasteiger partial charge in [-0.25, -0.2) is 4.39 Å². The van der Waals surface area contributed by atoms with E-state index >= 15 is 0 Å². The van der Waals surface area contributed by atoms with Gasteiger partial charge in [0, 0.05) is 6.54 Å². The van der Waals surface area contributed by atoms with Gasteiger partial charge >= 0.3 is 0 Å². The molecule has 0 radical (unpaired) electrons. The Kier molecular flexibility index (Phi) is 7.42. The number of ether oxygens (including phenoxy) is 2. The molecule has 2 heterocycles. The molecule has 39 heavy (non-hydrogen) atoms. The van der Waals surface area contributed by atoms with Crippen LogP contribution in [0.4, 0.5) is 4.39 Å². The molecule has 0 fully saturated rings. The first-order valence-corrected chi connectivity index (χ1v) is 13.3. The van der Waals surface area contributed by atoms with Crippen molar-refractivity contribution in [1.82, 2.24) is 4.90 Å². The maximum absolute atomic E-state index is 14.1. The summed E-state index contributed by atoms with van der Waals surface area (Å²) < 4.78 is 32.0. The topological polar surface area (TPSA) is 69.0 Å². The Morgan fingerprint density at radius 1 is 0.974 bits per heavy atom. The average Bonchev–Trinajstić information content (AvgIpc) is 3.18. The largest absolute Gasteiger partial charge is 0.490 e. The summed E-state index contributed by atoms with van der Waals surface area (Å²) in [5.74, 6) is 0.666. The van der Waals surface area contributed by atoms with Crippen molar-refractivity contribution in [3.8, 4) is 11.5 Å². The van der Waals surface area contributed by atoms with E-state index in [4.69, 9.17) is 13.9 Å². The van der Waals surface area contributed by atoms with Gasteiger partial charge in [0.15, 0.2) is 16.9 Å². The Bertz CT molecular complexity index is 1570. The number of benzene rings is 3. The minimum atomic E-state index is -0.748. The lowest BCUT2D eigenvalue weighted by Crippen LogP contribution is -2.29. The van der Waals surface area contributed by atoms with Crippen LogP contribution in [0.15, 0.2) is 69.9 Å². The molecule has 4 aromatic rings. The molecule has 0 aliphatic carbocycles. The third kappa shape index (κ3) is 5.26. The lowest BCUT2D eigenvalue weighted by Gasteiger charge is -2.26. The first-order valence-electron chi connectivity index (χ1n) is 13.3. The van der Waals surface area contributed by atoms with Crippen LogP contribution in [0.5, 0.6) is 11.5 Å². The van der Waals surface area contributed by atoms with Crippen LogP contribution in [0.1, 0.15) is 66.0 Å². The maximum Gasteiger partial charge on any atom is 0.291 e. The molecule has 5 rings (SSSR count). The van der Waals surface area contributed by atoms with Gasteiger partial charge in [-0.2, -0.15) is 0 Å². The highest BCUT2D eigenvalue weighted by atomic mass is 19.1. The fraction of sp³-hybridized carbons (Fsp3) is 0.312. The molecule has 0 saturated heterocycles. The van der Waals surface area contributed by atoms with Crippen LogP contribution in [-0.4, -0.2) is 24.0 Å². The van der Waals surface area contributed by atoms with Crippen molar-refractivity contribution in [2.75, 3.05) is 13.2 Å². The van der Waals surface area contributed by atoms with Crippen LogP contribution < -0.4 is 14.9 Å². The molecule has 1 amide bonds. The van der Waals surface area contributed by atoms with E-state index < -0.39 is 23.2 Å². The van der Waals surface area contributed by atoms with Crippen LogP contribution in [-0.2, 0) is 6.54 Å². The number of aryl methyl sites for hydroxylation is 1. The number of fused-ring (bicyclic) bond motifs is 2. The Morgan fingerprint density at radius 3 is 2.46 bits per heavy atom. The van der Waals surface area contributed by atoms with Crippen LogP contribution >= 0.6 is 0 Å². The van der Waals surface area contributed by atoms with Gasteiger partial charge < -0.3 is 18.8 Å². The van der Waals surface area contributed by atoms with Crippen molar-refractivity contribution in [2.24, 2.45) is 5.92 Å². The molecule has 3 aromatic carbocycles. The minimum Gasteiger partial charge on any atom is -0.490 e. The van der Waals surface area contributed by atoms with Gasteiger partial charge in [0.2, 0.25) is 5.76 Å². The summed E-state index contributed by atoms with van der Waals surface area (Å²) in [5.41, 5.74) is 2.64. The fourth-order valence-corrected chi connectivity index (χ4v) is 4.88. The van der Waals surface area contributed by atoms with E-state index in [9.17, 15) is 14.0 Å². The number of hydrogen-bond donors (Lipinski definition) is 0. The Morgan fingerprint density at radius 2 is 1.74 bits per heavy atom. The molecule has 0 bridgehead atoms. The number of carbonyl (C=O) groups excluding carboxylic acids is 1. The Balaban J connectivity index is 1.64. The first-order chi connectivity index (χ1) is 18.8. The van der Waals surface area contributed by atoms with Crippen LogP contribution in [0.3, 0.4) is 0 Å². The van der Waals surface area contributed by atoms with E-state index in [-0.39, 0.29) is 28.8 Å². The zero-order valence-corrected chi connectivity index (χ0v) is 22.6. The summed E-state index contributed by atoms with van der Waals surface area (Å²) in [6, 6.07) is 16.4. The van der Waals surface area contributed by atoms with E-state index in [2.05, 4.69) is 13.8 Å². The van der Waals surface area contributed by atoms with E-state index in [1.165, 1.54) is 12.1 Å². The fourth-order valence-electron chi connectivity index (χ4n) is 4.88. The van der Waals surface area contributed by atoms with Gasteiger partial charge in [0.05, 0.1) is 30.2 Å². The number of amides is 1. The maximum atomic E-state index is 14.1. The molecular formula is C32H32FNO5. The number of nitrogens with zero attached hydrogens (tertiary/aromatic N) is 1. The molecule has 1 aliphatic rings. The van der Waals surface area contributed by atoms with E-state index in [1.54, 1.807) is 4.90 Å². The van der Waals surface area contributed by atoms with Crippen molar-refractivity contribution in [1.29, 1.82) is 0 Å². The molecule has 0 N–H and O–H groups in total. The van der Waals surface area contributed by atoms with Crippen LogP contribution in [0.25, 0.3) is 11.0 Å². The van der Waals surface area contributed by atoms with E-state index in [0.29, 0.717) is 36.2 Å². The quantitative estimate of drug-likeness (QED) is 0.238. The van der Waals surface area contributed by atoms with Gasteiger partial charge in [-0.1, -0.05) is 49.7 Å². The number of rotatable bonds is 9. The monoisotopic (exact) mass is 529 g/mol. The summed E-state index contributed by atoms with van der Waals surface area (Å²) in [6.07, 6.45) is 0.896. The minimum absolute atomic E-state index is 0.0218. The van der Waals surface area contributed by atoms with Gasteiger partial charge in [-0.3, -0.25) is 9.59 Å². The highest BCUT2D eigenvalue weighted by Gasteiger charge is 2.43. The second kappa shape index (κ2) is 10.9. The standard InChI is InChI=1S/C32H32FNO5/c1-5-37-27-16-22(10-12-26(27)38-15-14-19(2)3)29-28-30(35)24-17-23(33)11-13-25(24)39-31(28)32(36)34(29)18-21-8-6-20(4)7-9-21/h6-13,16-17,19,29H,5,14-15,18H2,1-4H3. The third-order valence-corrected chi connectivity index (χ3v) is 6.94. The Hall–Kier alpha value is -4.13. The molecule has 7 heteroatoms. The molecule has 1 aromatic heterocycles. The summed E-state index contributed by atoms with van der Waals surface area (Å²) >= 11 is 0. The molecule has 6 nitrogen and oxygen atoms in total. The average molecular weight is 530 g/mol. The zero-order valence-electron chi connectivity index (χ0n) is 22.6. The molecule has 202 valence electrons. The van der Waals surface area contributed by atoms with Crippen molar-refractivity contribution in [3.63, 3.8) is 0 Å². The van der Waals surface area contributed by atoms with E-state index in [0.717, 1.165) is 23.6 Å². The SMILES string of the molecule is CCOc1cc(C2c3c(oc4ccc(F)cc4c3=O)C(=O)N2Cc2ccc(C)cc2)ccc1OCCC(C)C. The lowest BCUT2D eigenvalue weighted by atomic mass is 9.97. The highest BCUT2D eigenvalue weighted by Crippen LogP contribution is 2.42. The second-order valence-electron chi connectivity index (χ2n) is 10.3. The summed E-state index contributed by atoms with van der Waals surface area (Å²) in [4.78, 5) is 29.2. The molecule has 1 aliphatic heterocycles. The smallest absolute Gasteiger partial charge is 0.291 e. The third-order valence-electron chi connectivity index (χ3n) is 6.94. The van der Waals surface area contributed by atoms with Crippen molar-refractivity contribution < 1.29 is 23.1 Å². The molecule has 1 atom stereocenters. The first kappa shape index (κ1) is 26.5. The summed E-state index contributed by atoms with van der Waals surface area (Å²) in [6.45, 7) is 9.37. The predicted molar refractivity (Wildman–Crippen MR) is 148 cm³/mol. The normalized spacial score (nSPS) is 14.8. The van der Waals surface area contributed by atoms with Gasteiger partial charge in [-0.05, 0) is 67.6 Å². The number of halogens is 1. The highest BCUT2D eigenvalue weighted by molar-refractivity contribution is 5.99. The van der Waals surface area contributed by atoms with Gasteiger partial charge in [-0.15, -0.1) is 0 Å². The predicted octanol–water partition coefficient (Wildman–Crippen LogP) is 6.81. The van der Waals surface area contributed by atoms with Crippen LogP contribution in [0, 0.1) is 18.7 Å². The Labute approximate surface area is 227 Å². The molecular weight excluding hydrogens is 497 g/mol. The number of hydrogen-bond acceptors (Lipinski definition) is 5. The molecule has 0 saturated carbocycles.